The molecule has 7 heteroatoms. The van der Waals surface area contributed by atoms with Crippen LogP contribution in [0.1, 0.15) is 12.0 Å². The zero-order valence-electron chi connectivity index (χ0n) is 14.1. The summed E-state index contributed by atoms with van der Waals surface area (Å²) in [5, 5.41) is 2.88. The van der Waals surface area contributed by atoms with E-state index < -0.39 is 6.04 Å². The van der Waals surface area contributed by atoms with Crippen LogP contribution in [-0.2, 0) is 11.3 Å². The molecule has 0 aliphatic heterocycles. The summed E-state index contributed by atoms with van der Waals surface area (Å²) in [7, 11) is 4.01. The Hall–Kier alpha value is -0.950. The van der Waals surface area contributed by atoms with Gasteiger partial charge in [-0.3, -0.25) is 4.79 Å². The maximum Gasteiger partial charge on any atom is 0.237 e. The highest BCUT2D eigenvalue weighted by atomic mass is 35.5. The highest BCUT2D eigenvalue weighted by Crippen LogP contribution is 2.17. The van der Waals surface area contributed by atoms with E-state index in [0.717, 1.165) is 23.6 Å². The summed E-state index contributed by atoms with van der Waals surface area (Å²) >= 11 is 1.69. The van der Waals surface area contributed by atoms with E-state index in [1.807, 2.05) is 44.6 Å². The van der Waals surface area contributed by atoms with Gasteiger partial charge in [-0.25, -0.2) is 0 Å². The van der Waals surface area contributed by atoms with Gasteiger partial charge < -0.3 is 20.7 Å². The molecule has 0 unspecified atom stereocenters. The number of carbonyl (C=O) groups is 1. The average Bonchev–Trinajstić information content (AvgIpc) is 2.50. The Balaban J connectivity index is 0.00000484. The summed E-state index contributed by atoms with van der Waals surface area (Å²) in [5.41, 5.74) is 6.82. The van der Waals surface area contributed by atoms with Crippen molar-refractivity contribution in [1.29, 1.82) is 0 Å². The first-order chi connectivity index (χ1) is 10.5. The molecule has 3 N–H and O–H groups in total. The van der Waals surface area contributed by atoms with Gasteiger partial charge in [0.15, 0.2) is 0 Å². The lowest BCUT2D eigenvalue weighted by atomic mass is 10.2. The Morgan fingerprint density at radius 1 is 1.39 bits per heavy atom. The summed E-state index contributed by atoms with van der Waals surface area (Å²) in [4.78, 5) is 14.0. The fraction of sp³-hybridized carbons (Fsp3) is 0.562. The van der Waals surface area contributed by atoms with Crippen LogP contribution in [0, 0.1) is 0 Å². The Morgan fingerprint density at radius 2 is 2.09 bits per heavy atom. The number of nitrogens with zero attached hydrogens (tertiary/aromatic N) is 1. The molecule has 1 aromatic carbocycles. The first-order valence-electron chi connectivity index (χ1n) is 7.42. The molecule has 0 fully saturated rings. The highest BCUT2D eigenvalue weighted by molar-refractivity contribution is 7.98. The number of hydrogen-bond acceptors (Lipinski definition) is 5. The second kappa shape index (κ2) is 12.5. The number of nitrogens with one attached hydrogen (secondary N) is 1. The Morgan fingerprint density at radius 3 is 2.74 bits per heavy atom. The molecule has 0 saturated carbocycles. The number of likely N-dealkylation sites (N-methyl/N-ethyl adjacent to an activating group) is 1. The summed E-state index contributed by atoms with van der Waals surface area (Å²) in [5.74, 6) is 1.58. The molecule has 1 amide bonds. The first kappa shape index (κ1) is 22.1. The van der Waals surface area contributed by atoms with Crippen LogP contribution in [0.4, 0.5) is 0 Å². The van der Waals surface area contributed by atoms with Crippen molar-refractivity contribution in [1.82, 2.24) is 10.2 Å². The van der Waals surface area contributed by atoms with E-state index in [1.54, 1.807) is 11.8 Å². The van der Waals surface area contributed by atoms with Crippen molar-refractivity contribution >= 4 is 30.1 Å². The fourth-order valence-electron chi connectivity index (χ4n) is 1.82. The topological polar surface area (TPSA) is 67.6 Å². The lowest BCUT2D eigenvalue weighted by Crippen LogP contribution is -2.40. The molecule has 5 nitrogen and oxygen atoms in total. The Bertz CT molecular complexity index is 461. The van der Waals surface area contributed by atoms with Gasteiger partial charge in [-0.2, -0.15) is 11.8 Å². The molecule has 0 aromatic heterocycles. The molecule has 0 aliphatic carbocycles. The van der Waals surface area contributed by atoms with E-state index in [1.165, 1.54) is 0 Å². The second-order valence-corrected chi connectivity index (χ2v) is 6.35. The Kier molecular flexibility index (Phi) is 12.0. The van der Waals surface area contributed by atoms with Crippen molar-refractivity contribution in [3.05, 3.63) is 29.8 Å². The molecule has 0 radical (unpaired) electrons. The van der Waals surface area contributed by atoms with Crippen molar-refractivity contribution in [2.45, 2.75) is 19.0 Å². The van der Waals surface area contributed by atoms with E-state index >= 15 is 0 Å². The smallest absolute Gasteiger partial charge is 0.237 e. The lowest BCUT2D eigenvalue weighted by Gasteiger charge is -2.15. The van der Waals surface area contributed by atoms with E-state index in [-0.39, 0.29) is 18.3 Å². The third-order valence-corrected chi connectivity index (χ3v) is 3.84. The number of ether oxygens (including phenoxy) is 1. The predicted molar refractivity (Wildman–Crippen MR) is 101 cm³/mol. The number of hydrogen-bond donors (Lipinski definition) is 2. The summed E-state index contributed by atoms with van der Waals surface area (Å²) < 4.78 is 5.78. The van der Waals surface area contributed by atoms with Crippen LogP contribution < -0.4 is 15.8 Å². The second-order valence-electron chi connectivity index (χ2n) is 5.37. The lowest BCUT2D eigenvalue weighted by molar-refractivity contribution is -0.122. The van der Waals surface area contributed by atoms with Gasteiger partial charge in [-0.05, 0) is 38.6 Å². The standard InChI is InChI=1S/C16H27N3O2S.ClH/c1-19(2)9-10-21-15-7-5-4-6-13(15)12-18-16(20)14(17)8-11-22-3;/h4-7,14H,8-12,17H2,1-3H3,(H,18,20);1H/t14-;/m0./s1. The van der Waals surface area contributed by atoms with Crippen LogP contribution in [0.2, 0.25) is 0 Å². The number of rotatable bonds is 10. The molecule has 1 rings (SSSR count). The molecule has 0 spiro atoms. The quantitative estimate of drug-likeness (QED) is 0.664. The van der Waals surface area contributed by atoms with Gasteiger partial charge in [0.05, 0.1) is 6.04 Å². The molecule has 132 valence electrons. The third kappa shape index (κ3) is 9.05. The number of amides is 1. The van der Waals surface area contributed by atoms with E-state index in [0.29, 0.717) is 19.6 Å². The molecule has 0 aliphatic rings. The number of carbonyl (C=O) groups excluding carboxylic acids is 1. The number of benzene rings is 1. The Labute approximate surface area is 149 Å². The average molecular weight is 362 g/mol. The zero-order chi connectivity index (χ0) is 16.4. The summed E-state index contributed by atoms with van der Waals surface area (Å²) in [6.07, 6.45) is 2.69. The van der Waals surface area contributed by atoms with Crippen molar-refractivity contribution < 1.29 is 9.53 Å². The molecular formula is C16H28ClN3O2S. The van der Waals surface area contributed by atoms with Gasteiger partial charge in [0.2, 0.25) is 5.91 Å². The van der Waals surface area contributed by atoms with Crippen molar-refractivity contribution in [3.8, 4) is 5.75 Å². The molecule has 1 aromatic rings. The van der Waals surface area contributed by atoms with Crippen molar-refractivity contribution in [2.75, 3.05) is 39.3 Å². The van der Waals surface area contributed by atoms with Crippen LogP contribution in [0.3, 0.4) is 0 Å². The molecule has 0 saturated heterocycles. The number of para-hydroxylation sites is 1. The predicted octanol–water partition coefficient (Wildman–Crippen LogP) is 1.75. The normalized spacial score (nSPS) is 11.7. The molecule has 23 heavy (non-hydrogen) atoms. The van der Waals surface area contributed by atoms with Crippen molar-refractivity contribution in [2.24, 2.45) is 5.73 Å². The van der Waals surface area contributed by atoms with Gasteiger partial charge in [0.25, 0.3) is 0 Å². The van der Waals surface area contributed by atoms with Crippen LogP contribution in [0.5, 0.6) is 5.75 Å². The number of halogens is 1. The van der Waals surface area contributed by atoms with E-state index in [2.05, 4.69) is 10.2 Å². The van der Waals surface area contributed by atoms with E-state index in [9.17, 15) is 4.79 Å². The first-order valence-corrected chi connectivity index (χ1v) is 8.81. The van der Waals surface area contributed by atoms with Crippen LogP contribution in [0.25, 0.3) is 0 Å². The fourth-order valence-corrected chi connectivity index (χ4v) is 2.31. The minimum Gasteiger partial charge on any atom is -0.492 e. The van der Waals surface area contributed by atoms with Crippen LogP contribution in [-0.4, -0.2) is 56.1 Å². The van der Waals surface area contributed by atoms with Gasteiger partial charge >= 0.3 is 0 Å². The maximum atomic E-state index is 11.9. The largest absolute Gasteiger partial charge is 0.492 e. The van der Waals surface area contributed by atoms with Gasteiger partial charge in [0, 0.05) is 18.7 Å². The molecule has 0 bridgehead atoms. The zero-order valence-corrected chi connectivity index (χ0v) is 15.7. The SMILES string of the molecule is CSCC[C@H](N)C(=O)NCc1ccccc1OCCN(C)C.Cl. The molecular weight excluding hydrogens is 334 g/mol. The monoisotopic (exact) mass is 361 g/mol. The third-order valence-electron chi connectivity index (χ3n) is 3.19. The minimum absolute atomic E-state index is 0. The highest BCUT2D eigenvalue weighted by Gasteiger charge is 2.13. The minimum atomic E-state index is -0.450. The van der Waals surface area contributed by atoms with Gasteiger partial charge in [0.1, 0.15) is 12.4 Å². The van der Waals surface area contributed by atoms with Gasteiger partial charge in [-0.15, -0.1) is 12.4 Å². The number of thioether (sulfide) groups is 1. The summed E-state index contributed by atoms with van der Waals surface area (Å²) in [6.45, 7) is 1.90. The summed E-state index contributed by atoms with van der Waals surface area (Å²) in [6, 6.07) is 7.30. The number of nitrogens with two attached hydrogens (primary N) is 1. The van der Waals surface area contributed by atoms with Crippen LogP contribution in [0.15, 0.2) is 24.3 Å². The van der Waals surface area contributed by atoms with Gasteiger partial charge in [-0.1, -0.05) is 18.2 Å². The van der Waals surface area contributed by atoms with E-state index in [4.69, 9.17) is 10.5 Å². The van der Waals surface area contributed by atoms with Crippen molar-refractivity contribution in [3.63, 3.8) is 0 Å². The molecule has 0 heterocycles. The maximum absolute atomic E-state index is 11.9. The van der Waals surface area contributed by atoms with Crippen LogP contribution >= 0.6 is 24.2 Å². The molecule has 1 atom stereocenters.